The average molecular weight is 391 g/mol. The van der Waals surface area contributed by atoms with Crippen LogP contribution in [0.25, 0.3) is 16.6 Å². The Bertz CT molecular complexity index is 1020. The molecule has 0 saturated carbocycles. The molecule has 2 aromatic carbocycles. The molecule has 4 nitrogen and oxygen atoms in total. The molecule has 5 heteroatoms. The normalized spacial score (nSPS) is 13.9. The molecule has 1 atom stereocenters. The van der Waals surface area contributed by atoms with Crippen LogP contribution in [-0.4, -0.2) is 17.5 Å². The molecule has 0 aliphatic carbocycles. The van der Waals surface area contributed by atoms with Crippen molar-refractivity contribution in [2.45, 2.75) is 26.3 Å². The molecule has 0 bridgehead atoms. The van der Waals surface area contributed by atoms with Crippen molar-refractivity contribution in [1.82, 2.24) is 10.3 Å². The number of hydrogen-bond donors (Lipinski definition) is 1. The highest BCUT2D eigenvalue weighted by Gasteiger charge is 2.16. The predicted octanol–water partition coefficient (Wildman–Crippen LogP) is 4.94. The number of aryl methyl sites for hydroxylation is 1. The Balaban J connectivity index is 1.43. The van der Waals surface area contributed by atoms with Gasteiger partial charge in [-0.25, -0.2) is 4.98 Å². The summed E-state index contributed by atoms with van der Waals surface area (Å²) in [5.41, 5.74) is 4.26. The van der Waals surface area contributed by atoms with Crippen LogP contribution >= 0.6 is 11.3 Å². The van der Waals surface area contributed by atoms with E-state index in [1.165, 1.54) is 5.56 Å². The van der Waals surface area contributed by atoms with Crippen molar-refractivity contribution in [3.63, 3.8) is 0 Å². The maximum atomic E-state index is 12.4. The van der Waals surface area contributed by atoms with Gasteiger partial charge in [0, 0.05) is 18.1 Å². The summed E-state index contributed by atoms with van der Waals surface area (Å²) in [5, 5.41) is 4.02. The van der Waals surface area contributed by atoms with Crippen LogP contribution in [0.15, 0.2) is 54.6 Å². The molecule has 0 radical (unpaired) electrons. The number of amides is 1. The Hall–Kier alpha value is -2.92. The zero-order valence-electron chi connectivity index (χ0n) is 15.9. The Morgan fingerprint density at radius 2 is 2.07 bits per heavy atom. The lowest BCUT2D eigenvalue weighted by Crippen LogP contribution is -2.24. The minimum absolute atomic E-state index is 0.0967. The van der Waals surface area contributed by atoms with Crippen molar-refractivity contribution >= 4 is 23.3 Å². The Morgan fingerprint density at radius 3 is 2.89 bits per heavy atom. The van der Waals surface area contributed by atoms with Gasteiger partial charge in [0.15, 0.2) is 0 Å². The number of nitrogens with zero attached hydrogens (tertiary/aromatic N) is 1. The number of thiazole rings is 1. The van der Waals surface area contributed by atoms with Gasteiger partial charge in [0.05, 0.1) is 23.2 Å². The van der Waals surface area contributed by atoms with E-state index in [1.807, 2.05) is 50.3 Å². The largest absolute Gasteiger partial charge is 0.493 e. The zero-order chi connectivity index (χ0) is 19.5. The van der Waals surface area contributed by atoms with E-state index in [-0.39, 0.29) is 11.9 Å². The Morgan fingerprint density at radius 1 is 1.25 bits per heavy atom. The van der Waals surface area contributed by atoms with E-state index in [4.69, 9.17) is 4.74 Å². The molecule has 0 spiro atoms. The molecule has 28 heavy (non-hydrogen) atoms. The first kappa shape index (κ1) is 18.4. The topological polar surface area (TPSA) is 51.2 Å². The summed E-state index contributed by atoms with van der Waals surface area (Å²) in [4.78, 5) is 18.1. The van der Waals surface area contributed by atoms with Crippen molar-refractivity contribution in [2.24, 2.45) is 0 Å². The van der Waals surface area contributed by atoms with Gasteiger partial charge in [-0.05, 0) is 43.2 Å². The third-order valence-corrected chi connectivity index (χ3v) is 6.14. The number of ether oxygens (including phenoxy) is 1. The molecular weight excluding hydrogens is 368 g/mol. The fraction of sp³-hybridized carbons (Fsp3) is 0.217. The van der Waals surface area contributed by atoms with Crippen LogP contribution in [0.5, 0.6) is 5.75 Å². The first-order valence-corrected chi connectivity index (χ1v) is 10.2. The molecule has 1 aliphatic heterocycles. The Kier molecular flexibility index (Phi) is 5.26. The predicted molar refractivity (Wildman–Crippen MR) is 114 cm³/mol. The van der Waals surface area contributed by atoms with Crippen LogP contribution in [-0.2, 0) is 11.2 Å². The van der Waals surface area contributed by atoms with Crippen molar-refractivity contribution in [3.8, 4) is 16.3 Å². The number of benzene rings is 2. The van der Waals surface area contributed by atoms with Crippen LogP contribution in [0.1, 0.15) is 34.7 Å². The second-order valence-electron chi connectivity index (χ2n) is 6.86. The molecule has 1 aliphatic rings. The Labute approximate surface area is 168 Å². The average Bonchev–Trinajstić information content (AvgIpc) is 3.33. The summed E-state index contributed by atoms with van der Waals surface area (Å²) < 4.78 is 5.52. The first-order valence-electron chi connectivity index (χ1n) is 9.37. The van der Waals surface area contributed by atoms with Crippen LogP contribution in [0.4, 0.5) is 0 Å². The van der Waals surface area contributed by atoms with Gasteiger partial charge < -0.3 is 10.1 Å². The second-order valence-corrected chi connectivity index (χ2v) is 7.89. The molecule has 0 saturated heterocycles. The molecular formula is C23H22N2O2S. The number of aromatic nitrogens is 1. The number of fused-ring (bicyclic) bond motifs is 1. The summed E-state index contributed by atoms with van der Waals surface area (Å²) in [6.45, 7) is 4.72. The summed E-state index contributed by atoms with van der Waals surface area (Å²) in [6, 6.07) is 16.0. The van der Waals surface area contributed by atoms with Crippen molar-refractivity contribution < 1.29 is 9.53 Å². The van der Waals surface area contributed by atoms with Crippen LogP contribution in [0.2, 0.25) is 0 Å². The van der Waals surface area contributed by atoms with Gasteiger partial charge in [0.1, 0.15) is 10.8 Å². The molecule has 1 N–H and O–H groups in total. The number of carbonyl (C=O) groups is 1. The molecule has 2 heterocycles. The fourth-order valence-corrected chi connectivity index (χ4v) is 4.40. The van der Waals surface area contributed by atoms with Crippen LogP contribution in [0.3, 0.4) is 0 Å². The first-order chi connectivity index (χ1) is 13.6. The van der Waals surface area contributed by atoms with Gasteiger partial charge >= 0.3 is 0 Å². The summed E-state index contributed by atoms with van der Waals surface area (Å²) in [5.74, 6) is 0.837. The molecule has 0 fully saturated rings. The minimum Gasteiger partial charge on any atom is -0.493 e. The van der Waals surface area contributed by atoms with Gasteiger partial charge in [-0.15, -0.1) is 11.3 Å². The van der Waals surface area contributed by atoms with Gasteiger partial charge in [-0.1, -0.05) is 36.4 Å². The minimum atomic E-state index is -0.113. The van der Waals surface area contributed by atoms with Crippen LogP contribution < -0.4 is 10.1 Å². The number of rotatable bonds is 5. The van der Waals surface area contributed by atoms with Crippen molar-refractivity contribution in [3.05, 3.63) is 76.3 Å². The lowest BCUT2D eigenvalue weighted by molar-refractivity contribution is -0.117. The highest BCUT2D eigenvalue weighted by atomic mass is 32.1. The number of hydrogen-bond acceptors (Lipinski definition) is 4. The smallest absolute Gasteiger partial charge is 0.244 e. The third-order valence-electron chi connectivity index (χ3n) is 4.75. The van der Waals surface area contributed by atoms with Crippen molar-refractivity contribution in [2.75, 3.05) is 6.61 Å². The molecule has 3 aromatic rings. The molecule has 4 rings (SSSR count). The summed E-state index contributed by atoms with van der Waals surface area (Å²) >= 11 is 1.63. The van der Waals surface area contributed by atoms with Crippen molar-refractivity contribution in [1.29, 1.82) is 0 Å². The SMILES string of the molecule is Cc1nc(-c2ccccc2)sc1C(C)NC(=O)C=Cc1ccc2c(c1)CCO2. The monoisotopic (exact) mass is 390 g/mol. The van der Waals surface area contributed by atoms with E-state index in [0.717, 1.165) is 45.5 Å². The lowest BCUT2D eigenvalue weighted by Gasteiger charge is -2.11. The van der Waals surface area contributed by atoms with E-state index < -0.39 is 0 Å². The molecule has 1 aromatic heterocycles. The van der Waals surface area contributed by atoms with Crippen LogP contribution in [0, 0.1) is 6.92 Å². The maximum absolute atomic E-state index is 12.4. The lowest BCUT2D eigenvalue weighted by atomic mass is 10.1. The van der Waals surface area contributed by atoms with Gasteiger partial charge in [0.2, 0.25) is 5.91 Å². The molecule has 142 valence electrons. The highest BCUT2D eigenvalue weighted by molar-refractivity contribution is 7.15. The molecule has 1 amide bonds. The van der Waals surface area contributed by atoms with E-state index >= 15 is 0 Å². The number of nitrogens with one attached hydrogen (secondary N) is 1. The number of carbonyl (C=O) groups excluding carboxylic acids is 1. The summed E-state index contributed by atoms with van der Waals surface area (Å²) in [6.07, 6.45) is 4.35. The second kappa shape index (κ2) is 7.98. The van der Waals surface area contributed by atoms with E-state index in [9.17, 15) is 4.79 Å². The van der Waals surface area contributed by atoms with E-state index in [1.54, 1.807) is 17.4 Å². The van der Waals surface area contributed by atoms with Gasteiger partial charge in [-0.2, -0.15) is 0 Å². The highest BCUT2D eigenvalue weighted by Crippen LogP contribution is 2.31. The fourth-order valence-electron chi connectivity index (χ4n) is 3.32. The zero-order valence-corrected chi connectivity index (χ0v) is 16.8. The van der Waals surface area contributed by atoms with E-state index in [2.05, 4.69) is 28.5 Å². The quantitative estimate of drug-likeness (QED) is 0.628. The third kappa shape index (κ3) is 3.99. The van der Waals surface area contributed by atoms with Gasteiger partial charge in [-0.3, -0.25) is 4.79 Å². The van der Waals surface area contributed by atoms with Gasteiger partial charge in [0.25, 0.3) is 0 Å². The maximum Gasteiger partial charge on any atom is 0.244 e. The van der Waals surface area contributed by atoms with E-state index in [0.29, 0.717) is 0 Å². The standard InChI is InChI=1S/C23H22N2O2S/c1-15(22-16(2)25-23(28-22)18-6-4-3-5-7-18)24-21(26)11-9-17-8-10-20-19(14-17)12-13-27-20/h3-11,14-15H,12-13H2,1-2H3,(H,24,26). The summed E-state index contributed by atoms with van der Waals surface area (Å²) in [7, 11) is 0. The molecule has 1 unspecified atom stereocenters.